The normalized spacial score (nSPS) is 10.6. The van der Waals surface area contributed by atoms with Gasteiger partial charge in [0, 0.05) is 11.6 Å². The van der Waals surface area contributed by atoms with E-state index in [1.807, 2.05) is 30.3 Å². The van der Waals surface area contributed by atoms with Crippen molar-refractivity contribution in [3.05, 3.63) is 42.2 Å². The molecule has 100 valence electrons. The topological polar surface area (TPSA) is 107 Å². The highest BCUT2D eigenvalue weighted by Crippen LogP contribution is 2.30. The number of para-hydroxylation sites is 1. The van der Waals surface area contributed by atoms with Crippen molar-refractivity contribution in [2.45, 2.75) is 0 Å². The highest BCUT2D eigenvalue weighted by atomic mass is 32.1. The zero-order chi connectivity index (χ0) is 14.1. The zero-order valence-electron chi connectivity index (χ0n) is 10.3. The Morgan fingerprint density at radius 2 is 2.05 bits per heavy atom. The molecule has 2 aromatic heterocycles. The number of primary amides is 1. The number of carbonyl (C=O) groups excluding carboxylic acids is 1. The van der Waals surface area contributed by atoms with Crippen LogP contribution in [0.1, 0.15) is 10.5 Å². The molecule has 0 saturated carbocycles. The van der Waals surface area contributed by atoms with Crippen molar-refractivity contribution >= 4 is 44.0 Å². The quantitative estimate of drug-likeness (QED) is 0.683. The van der Waals surface area contributed by atoms with Gasteiger partial charge in [-0.3, -0.25) is 9.78 Å². The SMILES string of the molecule is NC(=O)c1nc(Nc2ccnc3ccccc23)sc1N. The highest BCUT2D eigenvalue weighted by Gasteiger charge is 2.13. The monoisotopic (exact) mass is 285 g/mol. The molecule has 2 heterocycles. The first-order valence-electron chi connectivity index (χ1n) is 5.82. The molecule has 3 rings (SSSR count). The summed E-state index contributed by atoms with van der Waals surface area (Å²) in [5.41, 5.74) is 12.7. The summed E-state index contributed by atoms with van der Waals surface area (Å²) in [5, 5.41) is 4.93. The van der Waals surface area contributed by atoms with Gasteiger partial charge in [-0.25, -0.2) is 4.98 Å². The minimum Gasteiger partial charge on any atom is -0.389 e. The molecule has 5 N–H and O–H groups in total. The lowest BCUT2D eigenvalue weighted by Crippen LogP contribution is -2.13. The van der Waals surface area contributed by atoms with Gasteiger partial charge in [0.1, 0.15) is 5.00 Å². The molecule has 7 heteroatoms. The third kappa shape index (κ3) is 2.14. The molecule has 0 aliphatic heterocycles. The molecule has 0 unspecified atom stereocenters. The lowest BCUT2D eigenvalue weighted by molar-refractivity contribution is 0.0997. The summed E-state index contributed by atoms with van der Waals surface area (Å²) >= 11 is 1.18. The van der Waals surface area contributed by atoms with Crippen LogP contribution in [0.5, 0.6) is 0 Å². The molecule has 1 aromatic carbocycles. The van der Waals surface area contributed by atoms with Crippen LogP contribution >= 0.6 is 11.3 Å². The first-order valence-corrected chi connectivity index (χ1v) is 6.63. The molecule has 3 aromatic rings. The van der Waals surface area contributed by atoms with Crippen molar-refractivity contribution in [2.75, 3.05) is 11.1 Å². The van der Waals surface area contributed by atoms with Crippen LogP contribution in [-0.4, -0.2) is 15.9 Å². The summed E-state index contributed by atoms with van der Waals surface area (Å²) < 4.78 is 0. The predicted octanol–water partition coefficient (Wildman–Crippen LogP) is 2.12. The standard InChI is InChI=1S/C13H11N5OS/c14-11(19)10-12(15)20-13(18-10)17-9-5-6-16-8-4-2-1-3-7(8)9/h1-6H,15H2,(H2,14,19)(H,16,17,18). The minimum atomic E-state index is -0.633. The Hall–Kier alpha value is -2.67. The number of nitrogens with two attached hydrogens (primary N) is 2. The largest absolute Gasteiger partial charge is 0.389 e. The Morgan fingerprint density at radius 3 is 2.80 bits per heavy atom. The number of nitrogens with one attached hydrogen (secondary N) is 1. The number of nitrogens with zero attached hydrogens (tertiary/aromatic N) is 2. The highest BCUT2D eigenvalue weighted by molar-refractivity contribution is 7.19. The fourth-order valence-corrected chi connectivity index (χ4v) is 2.63. The van der Waals surface area contributed by atoms with Crippen molar-refractivity contribution < 1.29 is 4.79 Å². The van der Waals surface area contributed by atoms with Gasteiger partial charge in [-0.15, -0.1) is 0 Å². The number of fused-ring (bicyclic) bond motifs is 1. The van der Waals surface area contributed by atoms with Gasteiger partial charge in [-0.2, -0.15) is 0 Å². The number of pyridine rings is 1. The summed E-state index contributed by atoms with van der Waals surface area (Å²) in [6.07, 6.45) is 1.70. The van der Waals surface area contributed by atoms with Crippen molar-refractivity contribution in [1.29, 1.82) is 0 Å². The first-order chi connectivity index (χ1) is 9.65. The Balaban J connectivity index is 2.01. The predicted molar refractivity (Wildman–Crippen MR) is 80.1 cm³/mol. The third-order valence-electron chi connectivity index (χ3n) is 2.78. The molecule has 0 aliphatic rings. The third-order valence-corrected chi connectivity index (χ3v) is 3.58. The van der Waals surface area contributed by atoms with E-state index in [9.17, 15) is 4.79 Å². The average molecular weight is 285 g/mol. The number of anilines is 3. The lowest BCUT2D eigenvalue weighted by Gasteiger charge is -2.06. The van der Waals surface area contributed by atoms with Crippen molar-refractivity contribution in [1.82, 2.24) is 9.97 Å². The van der Waals surface area contributed by atoms with Crippen LogP contribution in [0, 0.1) is 0 Å². The van der Waals surface area contributed by atoms with E-state index in [-0.39, 0.29) is 5.69 Å². The summed E-state index contributed by atoms with van der Waals surface area (Å²) in [5.74, 6) is -0.633. The lowest BCUT2D eigenvalue weighted by atomic mass is 10.2. The van der Waals surface area contributed by atoms with Crippen molar-refractivity contribution in [3.63, 3.8) is 0 Å². The van der Waals surface area contributed by atoms with E-state index in [0.29, 0.717) is 10.1 Å². The number of amides is 1. The van der Waals surface area contributed by atoms with Gasteiger partial charge in [0.05, 0.1) is 11.2 Å². The van der Waals surface area contributed by atoms with Gasteiger partial charge >= 0.3 is 0 Å². The molecule has 20 heavy (non-hydrogen) atoms. The van der Waals surface area contributed by atoms with Crippen molar-refractivity contribution in [2.24, 2.45) is 5.73 Å². The molecule has 0 aliphatic carbocycles. The molecule has 6 nitrogen and oxygen atoms in total. The van der Waals surface area contributed by atoms with Gasteiger partial charge < -0.3 is 16.8 Å². The minimum absolute atomic E-state index is 0.0934. The van der Waals surface area contributed by atoms with Crippen molar-refractivity contribution in [3.8, 4) is 0 Å². The molecule has 1 amide bonds. The smallest absolute Gasteiger partial charge is 0.270 e. The summed E-state index contributed by atoms with van der Waals surface area (Å²) in [6.45, 7) is 0. The van der Waals surface area contributed by atoms with E-state index < -0.39 is 5.91 Å². The summed E-state index contributed by atoms with van der Waals surface area (Å²) in [7, 11) is 0. The van der Waals surface area contributed by atoms with Gasteiger partial charge in [-0.1, -0.05) is 29.5 Å². The Morgan fingerprint density at radius 1 is 1.25 bits per heavy atom. The summed E-state index contributed by atoms with van der Waals surface area (Å²) in [6, 6.07) is 9.57. The average Bonchev–Trinajstić information content (AvgIpc) is 2.80. The number of carbonyl (C=O) groups is 1. The molecule has 0 atom stereocenters. The zero-order valence-corrected chi connectivity index (χ0v) is 11.1. The van der Waals surface area contributed by atoms with E-state index in [1.54, 1.807) is 6.20 Å². The van der Waals surface area contributed by atoms with Gasteiger partial charge in [0.2, 0.25) is 0 Å². The number of thiazole rings is 1. The number of benzene rings is 1. The molecule has 0 bridgehead atoms. The van der Waals surface area contributed by atoms with Gasteiger partial charge in [-0.05, 0) is 12.1 Å². The second kappa shape index (κ2) is 4.78. The molecule has 0 fully saturated rings. The number of nitrogen functional groups attached to an aromatic ring is 1. The number of rotatable bonds is 3. The maximum Gasteiger partial charge on any atom is 0.270 e. The van der Waals surface area contributed by atoms with Crippen LogP contribution in [-0.2, 0) is 0 Å². The first kappa shape index (κ1) is 12.4. The Labute approximate surface area is 118 Å². The second-order valence-corrected chi connectivity index (χ2v) is 5.13. The number of hydrogen-bond acceptors (Lipinski definition) is 6. The van der Waals surface area contributed by atoms with Gasteiger partial charge in [0.15, 0.2) is 10.8 Å². The maximum atomic E-state index is 11.1. The van der Waals surface area contributed by atoms with E-state index >= 15 is 0 Å². The Bertz CT molecular complexity index is 793. The fraction of sp³-hybridized carbons (Fsp3) is 0. The van der Waals surface area contributed by atoms with Crippen LogP contribution in [0.4, 0.5) is 15.8 Å². The van der Waals surface area contributed by atoms with E-state index in [1.165, 1.54) is 11.3 Å². The molecular formula is C13H11N5OS. The van der Waals surface area contributed by atoms with Crippen LogP contribution in [0.2, 0.25) is 0 Å². The molecular weight excluding hydrogens is 274 g/mol. The fourth-order valence-electron chi connectivity index (χ4n) is 1.88. The van der Waals surface area contributed by atoms with E-state index in [0.717, 1.165) is 16.6 Å². The molecule has 0 spiro atoms. The summed E-state index contributed by atoms with van der Waals surface area (Å²) in [4.78, 5) is 19.5. The molecule has 0 saturated heterocycles. The number of hydrogen-bond donors (Lipinski definition) is 3. The van der Waals surface area contributed by atoms with E-state index in [4.69, 9.17) is 11.5 Å². The van der Waals surface area contributed by atoms with E-state index in [2.05, 4.69) is 15.3 Å². The van der Waals surface area contributed by atoms with Crippen LogP contribution in [0.25, 0.3) is 10.9 Å². The van der Waals surface area contributed by atoms with Gasteiger partial charge in [0.25, 0.3) is 5.91 Å². The maximum absolute atomic E-state index is 11.1. The number of aromatic nitrogens is 2. The second-order valence-electron chi connectivity index (χ2n) is 4.10. The van der Waals surface area contributed by atoms with Crippen LogP contribution in [0.3, 0.4) is 0 Å². The molecule has 0 radical (unpaired) electrons. The Kier molecular flexibility index (Phi) is 2.96. The van der Waals surface area contributed by atoms with Crippen LogP contribution in [0.15, 0.2) is 36.5 Å². The van der Waals surface area contributed by atoms with Crippen LogP contribution < -0.4 is 16.8 Å².